The molecule has 0 aliphatic heterocycles. The molecule has 0 fully saturated rings. The summed E-state index contributed by atoms with van der Waals surface area (Å²) in [5, 5.41) is 15.1. The van der Waals surface area contributed by atoms with Gasteiger partial charge >= 0.3 is 5.97 Å². The lowest BCUT2D eigenvalue weighted by atomic mass is 10.3. The number of allylic oxidation sites excluding steroid dienone is 1. The first-order valence-corrected chi connectivity index (χ1v) is 7.94. The Balaban J connectivity index is 2.85. The minimum absolute atomic E-state index is 0.315. The van der Waals surface area contributed by atoms with Crippen LogP contribution < -0.4 is 5.32 Å². The maximum absolute atomic E-state index is 11.2. The van der Waals surface area contributed by atoms with Crippen molar-refractivity contribution in [3.05, 3.63) is 50.3 Å². The largest absolute Gasteiger partial charge is 0.463 e. The van der Waals surface area contributed by atoms with Gasteiger partial charge in [-0.1, -0.05) is 35.0 Å². The van der Waals surface area contributed by atoms with E-state index in [2.05, 4.69) is 11.4 Å². The Bertz CT molecular complexity index is 651. The average Bonchev–Trinajstić information content (AvgIpc) is 2.49. The van der Waals surface area contributed by atoms with Crippen LogP contribution in [0.2, 0.25) is 10.0 Å². The molecule has 0 saturated heterocycles. The van der Waals surface area contributed by atoms with Gasteiger partial charge in [-0.2, -0.15) is 5.26 Å². The molecule has 22 heavy (non-hydrogen) atoms. The van der Waals surface area contributed by atoms with E-state index < -0.39 is 5.97 Å². The molecule has 0 amide bonds. The van der Waals surface area contributed by atoms with Gasteiger partial charge in [0.2, 0.25) is 0 Å². The second-order valence-electron chi connectivity index (χ2n) is 3.99. The average molecular weight is 357 g/mol. The fourth-order valence-corrected chi connectivity index (χ4v) is 2.33. The number of anilines is 1. The van der Waals surface area contributed by atoms with E-state index >= 15 is 0 Å². The Morgan fingerprint density at radius 3 is 2.77 bits per heavy atom. The lowest BCUT2D eigenvalue weighted by Crippen LogP contribution is -2.00. The molecule has 0 heterocycles. The number of ether oxygens (including phenoxy) is 1. The highest BCUT2D eigenvalue weighted by Gasteiger charge is 2.05. The van der Waals surface area contributed by atoms with E-state index in [1.165, 1.54) is 17.8 Å². The number of carbonyl (C=O) groups excluding carboxylic acids is 1. The number of nitrogens with one attached hydrogen (secondary N) is 1. The molecule has 0 unspecified atom stereocenters. The minimum Gasteiger partial charge on any atom is -0.463 e. The van der Waals surface area contributed by atoms with Crippen molar-refractivity contribution in [3.8, 4) is 6.07 Å². The fourth-order valence-electron chi connectivity index (χ4n) is 1.32. The maximum Gasteiger partial charge on any atom is 0.331 e. The van der Waals surface area contributed by atoms with Gasteiger partial charge in [0.1, 0.15) is 0 Å². The molecule has 0 saturated carbocycles. The lowest BCUT2D eigenvalue weighted by molar-refractivity contribution is -0.137. The summed E-state index contributed by atoms with van der Waals surface area (Å²) >= 11 is 13.0. The third kappa shape index (κ3) is 6.02. The molecule has 0 aliphatic rings. The van der Waals surface area contributed by atoms with Gasteiger partial charge in [0.05, 0.1) is 33.3 Å². The number of nitrogens with zero attached hydrogens (tertiary/aromatic N) is 1. The van der Waals surface area contributed by atoms with Crippen LogP contribution in [0.3, 0.4) is 0 Å². The smallest absolute Gasteiger partial charge is 0.331 e. The summed E-state index contributed by atoms with van der Waals surface area (Å²) in [4.78, 5) is 11.2. The van der Waals surface area contributed by atoms with Crippen LogP contribution in [0.5, 0.6) is 0 Å². The number of halogens is 2. The summed E-state index contributed by atoms with van der Waals surface area (Å²) in [5.41, 5.74) is 1.17. The first-order chi connectivity index (χ1) is 10.5. The van der Waals surface area contributed by atoms with Crippen molar-refractivity contribution >= 4 is 46.6 Å². The first kappa shape index (κ1) is 18.4. The van der Waals surface area contributed by atoms with Crippen LogP contribution in [0.1, 0.15) is 13.8 Å². The van der Waals surface area contributed by atoms with Crippen LogP contribution in [0, 0.1) is 11.3 Å². The van der Waals surface area contributed by atoms with Crippen LogP contribution >= 0.6 is 35.0 Å². The molecule has 7 heteroatoms. The van der Waals surface area contributed by atoms with Gasteiger partial charge in [-0.05, 0) is 37.5 Å². The van der Waals surface area contributed by atoms with Gasteiger partial charge in [-0.3, -0.25) is 0 Å². The topological polar surface area (TPSA) is 62.1 Å². The fraction of sp³-hybridized carbons (Fsp3) is 0.200. The van der Waals surface area contributed by atoms with E-state index in [4.69, 9.17) is 33.2 Å². The van der Waals surface area contributed by atoms with Gasteiger partial charge in [-0.15, -0.1) is 0 Å². The van der Waals surface area contributed by atoms with Gasteiger partial charge in [-0.25, -0.2) is 4.79 Å². The molecule has 116 valence electrons. The van der Waals surface area contributed by atoms with E-state index in [1.807, 2.05) is 0 Å². The number of benzene rings is 1. The van der Waals surface area contributed by atoms with Crippen LogP contribution in [0.4, 0.5) is 5.69 Å². The van der Waals surface area contributed by atoms with Crippen molar-refractivity contribution < 1.29 is 9.53 Å². The summed E-state index contributed by atoms with van der Waals surface area (Å²) in [6.45, 7) is 3.72. The predicted molar refractivity (Wildman–Crippen MR) is 91.8 cm³/mol. The number of nitriles is 1. The number of hydrogen-bond acceptors (Lipinski definition) is 5. The zero-order valence-corrected chi connectivity index (χ0v) is 14.4. The van der Waals surface area contributed by atoms with Gasteiger partial charge in [0, 0.05) is 11.8 Å². The van der Waals surface area contributed by atoms with E-state index in [1.54, 1.807) is 37.5 Å². The SMILES string of the molecule is CCOC(=O)/C=C\S/C(Nc1ccc(Cl)c(Cl)c1)=C(\C)C#N. The highest BCUT2D eigenvalue weighted by atomic mass is 35.5. The third-order valence-electron chi connectivity index (χ3n) is 2.36. The highest BCUT2D eigenvalue weighted by Crippen LogP contribution is 2.28. The van der Waals surface area contributed by atoms with Gasteiger partial charge in [0.25, 0.3) is 0 Å². The molecule has 0 bridgehead atoms. The molecule has 0 aromatic heterocycles. The second-order valence-corrected chi connectivity index (χ2v) is 5.72. The van der Waals surface area contributed by atoms with Gasteiger partial charge in [0.15, 0.2) is 0 Å². The van der Waals surface area contributed by atoms with Crippen molar-refractivity contribution in [1.82, 2.24) is 0 Å². The van der Waals surface area contributed by atoms with Crippen LogP contribution in [0.15, 0.2) is 40.3 Å². The number of thioether (sulfide) groups is 1. The predicted octanol–water partition coefficient (Wildman–Crippen LogP) is 4.97. The summed E-state index contributed by atoms with van der Waals surface area (Å²) in [5.74, 6) is -0.432. The number of hydrogen-bond donors (Lipinski definition) is 1. The molecule has 1 aromatic rings. The standard InChI is InChI=1S/C15H14Cl2N2O2S/c1-3-21-14(20)6-7-22-15(10(2)9-18)19-11-4-5-12(16)13(17)8-11/h4-8,19H,3H2,1-2H3/b7-6-,15-10+. The van der Waals surface area contributed by atoms with Gasteiger partial charge < -0.3 is 10.1 Å². The molecular weight excluding hydrogens is 343 g/mol. The second kappa shape index (κ2) is 9.42. The van der Waals surface area contributed by atoms with Crippen molar-refractivity contribution in [2.45, 2.75) is 13.8 Å². The van der Waals surface area contributed by atoms with Crippen LogP contribution in [0.25, 0.3) is 0 Å². The van der Waals surface area contributed by atoms with Crippen molar-refractivity contribution in [1.29, 1.82) is 5.26 Å². The maximum atomic E-state index is 11.2. The van der Waals surface area contributed by atoms with Crippen LogP contribution in [-0.4, -0.2) is 12.6 Å². The Morgan fingerprint density at radius 1 is 1.45 bits per heavy atom. The van der Waals surface area contributed by atoms with Crippen molar-refractivity contribution in [2.75, 3.05) is 11.9 Å². The minimum atomic E-state index is -0.432. The summed E-state index contributed by atoms with van der Waals surface area (Å²) in [6, 6.07) is 7.12. The molecule has 4 nitrogen and oxygen atoms in total. The molecule has 1 aromatic carbocycles. The lowest BCUT2D eigenvalue weighted by Gasteiger charge is -2.10. The molecular formula is C15H14Cl2N2O2S. The number of esters is 1. The summed E-state index contributed by atoms with van der Waals surface area (Å²) in [7, 11) is 0. The van der Waals surface area contributed by atoms with E-state index in [9.17, 15) is 4.79 Å². The molecule has 0 radical (unpaired) electrons. The number of rotatable bonds is 6. The first-order valence-electron chi connectivity index (χ1n) is 6.31. The molecule has 1 rings (SSSR count). The summed E-state index contributed by atoms with van der Waals surface area (Å²) < 4.78 is 4.79. The molecule has 0 aliphatic carbocycles. The van der Waals surface area contributed by atoms with E-state index in [0.717, 1.165) is 0 Å². The third-order valence-corrected chi connectivity index (χ3v) is 4.02. The normalized spacial score (nSPS) is 11.8. The van der Waals surface area contributed by atoms with E-state index in [0.29, 0.717) is 32.9 Å². The monoisotopic (exact) mass is 356 g/mol. The zero-order chi connectivity index (χ0) is 16.5. The molecule has 0 spiro atoms. The van der Waals surface area contributed by atoms with Crippen molar-refractivity contribution in [3.63, 3.8) is 0 Å². The Labute approximate surface area is 143 Å². The summed E-state index contributed by atoms with van der Waals surface area (Å²) in [6.07, 6.45) is 1.30. The number of carbonyl (C=O) groups is 1. The Morgan fingerprint density at radius 2 is 2.18 bits per heavy atom. The molecule has 0 atom stereocenters. The Kier molecular flexibility index (Phi) is 7.89. The quantitative estimate of drug-likeness (QED) is 0.442. The highest BCUT2D eigenvalue weighted by molar-refractivity contribution is 8.06. The Hall–Kier alpha value is -1.61. The van der Waals surface area contributed by atoms with Crippen LogP contribution in [-0.2, 0) is 9.53 Å². The van der Waals surface area contributed by atoms with E-state index in [-0.39, 0.29) is 0 Å². The van der Waals surface area contributed by atoms with Crippen molar-refractivity contribution in [2.24, 2.45) is 0 Å². The molecule has 1 N–H and O–H groups in total. The zero-order valence-electron chi connectivity index (χ0n) is 12.0.